The van der Waals surface area contributed by atoms with E-state index in [1.807, 2.05) is 0 Å². The van der Waals surface area contributed by atoms with E-state index in [-0.39, 0.29) is 46.1 Å². The topological polar surface area (TPSA) is 124 Å². The Balaban J connectivity index is 1.50. The molecule has 4 aromatic rings. The van der Waals surface area contributed by atoms with Crippen LogP contribution in [0.5, 0.6) is 0 Å². The summed E-state index contributed by atoms with van der Waals surface area (Å²) >= 11 is 0. The molecule has 9 nitrogen and oxygen atoms in total. The summed E-state index contributed by atoms with van der Waals surface area (Å²) in [5, 5.41) is 7.60. The number of aromatic nitrogens is 6. The lowest BCUT2D eigenvalue weighted by Gasteiger charge is -2.23. The van der Waals surface area contributed by atoms with Crippen LogP contribution in [-0.2, 0) is 23.7 Å². The number of carbonyl (C=O) groups is 1. The fourth-order valence-electron chi connectivity index (χ4n) is 5.12. The van der Waals surface area contributed by atoms with E-state index in [0.717, 1.165) is 12.8 Å². The first-order valence-electron chi connectivity index (χ1n) is 12.6. The number of rotatable bonds is 6. The zero-order valence-electron chi connectivity index (χ0n) is 21.7. The van der Waals surface area contributed by atoms with Crippen molar-refractivity contribution in [1.82, 2.24) is 29.7 Å². The van der Waals surface area contributed by atoms with Crippen molar-refractivity contribution in [2.75, 3.05) is 11.1 Å². The molecule has 214 valence electrons. The second-order valence-electron chi connectivity index (χ2n) is 10.4. The number of alkyl halides is 5. The molecule has 1 amide bonds. The van der Waals surface area contributed by atoms with Crippen LogP contribution < -0.4 is 11.1 Å². The number of aryl methyl sites for hydroxylation is 2. The highest BCUT2D eigenvalue weighted by atomic mass is 19.4. The van der Waals surface area contributed by atoms with E-state index in [1.165, 1.54) is 28.9 Å². The minimum atomic E-state index is -5.72. The number of fused-ring (bicyclic) bond motifs is 2. The van der Waals surface area contributed by atoms with Gasteiger partial charge in [-0.05, 0) is 37.5 Å². The Morgan fingerprint density at radius 2 is 1.76 bits per heavy atom. The Kier molecular flexibility index (Phi) is 5.81. The van der Waals surface area contributed by atoms with Gasteiger partial charge in [0, 0.05) is 25.8 Å². The molecule has 0 saturated heterocycles. The largest absolute Gasteiger partial charge is 0.453 e. The molecule has 1 fully saturated rings. The molecular formula is C26H22F6N8O. The molecule has 1 aliphatic heterocycles. The number of nitrogens with zero attached hydrogens (tertiary/aromatic N) is 6. The molecule has 1 saturated carbocycles. The number of hydrogen-bond donors (Lipinski definition) is 2. The zero-order chi connectivity index (χ0) is 29.5. The van der Waals surface area contributed by atoms with E-state index >= 15 is 0 Å². The van der Waals surface area contributed by atoms with Crippen LogP contribution in [0.4, 0.5) is 38.0 Å². The third-order valence-electron chi connectivity index (χ3n) is 7.55. The number of nitrogen functional groups attached to an aromatic ring is 1. The van der Waals surface area contributed by atoms with Crippen LogP contribution in [0.15, 0.2) is 24.3 Å². The number of carbonyl (C=O) groups excluding carboxylic acids is 1. The monoisotopic (exact) mass is 576 g/mol. The van der Waals surface area contributed by atoms with E-state index < -0.39 is 42.1 Å². The van der Waals surface area contributed by atoms with Crippen LogP contribution in [0.25, 0.3) is 22.6 Å². The minimum absolute atomic E-state index is 0.0504. The first-order chi connectivity index (χ1) is 19.2. The minimum Gasteiger partial charge on any atom is -0.383 e. The molecular weight excluding hydrogens is 554 g/mol. The van der Waals surface area contributed by atoms with Gasteiger partial charge in [0.05, 0.1) is 16.6 Å². The van der Waals surface area contributed by atoms with Gasteiger partial charge in [0.1, 0.15) is 34.4 Å². The van der Waals surface area contributed by atoms with Crippen molar-refractivity contribution in [3.8, 4) is 11.5 Å². The second kappa shape index (κ2) is 8.85. The quantitative estimate of drug-likeness (QED) is 0.316. The van der Waals surface area contributed by atoms with Crippen LogP contribution in [0.1, 0.15) is 54.7 Å². The van der Waals surface area contributed by atoms with Gasteiger partial charge in [-0.1, -0.05) is 12.1 Å². The number of hydrogen-bond acceptors (Lipinski definition) is 7. The zero-order valence-corrected chi connectivity index (χ0v) is 21.7. The van der Waals surface area contributed by atoms with Crippen molar-refractivity contribution in [2.45, 2.75) is 56.0 Å². The normalized spacial score (nSPS) is 19.1. The van der Waals surface area contributed by atoms with Crippen molar-refractivity contribution >= 4 is 28.6 Å². The molecule has 3 aromatic heterocycles. The molecule has 41 heavy (non-hydrogen) atoms. The van der Waals surface area contributed by atoms with E-state index in [4.69, 9.17) is 5.73 Å². The average Bonchev–Trinajstić information content (AvgIpc) is 3.64. The van der Waals surface area contributed by atoms with Gasteiger partial charge < -0.3 is 11.1 Å². The number of halogens is 6. The van der Waals surface area contributed by atoms with E-state index in [0.29, 0.717) is 16.6 Å². The summed E-state index contributed by atoms with van der Waals surface area (Å²) in [5.41, 5.74) is 6.59. The highest BCUT2D eigenvalue weighted by Crippen LogP contribution is 2.47. The lowest BCUT2D eigenvalue weighted by molar-refractivity contribution is -0.284. The lowest BCUT2D eigenvalue weighted by atomic mass is 9.78. The van der Waals surface area contributed by atoms with Gasteiger partial charge in [0.2, 0.25) is 5.91 Å². The van der Waals surface area contributed by atoms with Crippen molar-refractivity contribution < 1.29 is 31.1 Å². The Labute approximate surface area is 228 Å². The smallest absolute Gasteiger partial charge is 0.383 e. The van der Waals surface area contributed by atoms with Crippen LogP contribution in [0, 0.1) is 5.82 Å². The predicted octanol–water partition coefficient (Wildman–Crippen LogP) is 4.81. The predicted molar refractivity (Wildman–Crippen MR) is 135 cm³/mol. The summed E-state index contributed by atoms with van der Waals surface area (Å²) in [6, 6.07) is 5.32. The maximum Gasteiger partial charge on any atom is 0.453 e. The highest BCUT2D eigenvalue weighted by Gasteiger charge is 2.56. The van der Waals surface area contributed by atoms with Crippen molar-refractivity contribution in [3.63, 3.8) is 0 Å². The maximum atomic E-state index is 13.7. The number of nitrogens with two attached hydrogens (primary N) is 1. The van der Waals surface area contributed by atoms with E-state index in [1.54, 1.807) is 14.0 Å². The van der Waals surface area contributed by atoms with Crippen LogP contribution >= 0.6 is 0 Å². The Bertz CT molecular complexity index is 1710. The van der Waals surface area contributed by atoms with Crippen LogP contribution in [0.3, 0.4) is 0 Å². The molecule has 1 unspecified atom stereocenters. The van der Waals surface area contributed by atoms with Gasteiger partial charge in [-0.3, -0.25) is 9.48 Å². The summed E-state index contributed by atoms with van der Waals surface area (Å²) < 4.78 is 80.9. The summed E-state index contributed by atoms with van der Waals surface area (Å²) in [6.07, 6.45) is -6.40. The summed E-state index contributed by atoms with van der Waals surface area (Å²) in [4.78, 5) is 30.7. The number of anilines is 2. The van der Waals surface area contributed by atoms with Crippen LogP contribution in [-0.4, -0.2) is 47.7 Å². The van der Waals surface area contributed by atoms with Gasteiger partial charge in [-0.15, -0.1) is 0 Å². The summed E-state index contributed by atoms with van der Waals surface area (Å²) in [7, 11) is 1.57. The first-order valence-corrected chi connectivity index (χ1v) is 12.6. The van der Waals surface area contributed by atoms with Gasteiger partial charge in [-0.2, -0.15) is 27.1 Å². The summed E-state index contributed by atoms with van der Waals surface area (Å²) in [5.74, 6) is -6.24. The number of amides is 1. The maximum absolute atomic E-state index is 13.7. The summed E-state index contributed by atoms with van der Waals surface area (Å²) in [6.45, 7) is 1.59. The van der Waals surface area contributed by atoms with Crippen molar-refractivity contribution in [1.29, 1.82) is 0 Å². The molecule has 0 bridgehead atoms. The molecule has 15 heteroatoms. The van der Waals surface area contributed by atoms with Gasteiger partial charge in [0.25, 0.3) is 0 Å². The molecule has 4 heterocycles. The molecule has 1 aliphatic carbocycles. The number of benzene rings is 1. The van der Waals surface area contributed by atoms with E-state index in [9.17, 15) is 31.1 Å². The fraction of sp³-hybridized carbons (Fsp3) is 0.385. The highest BCUT2D eigenvalue weighted by molar-refractivity contribution is 6.09. The van der Waals surface area contributed by atoms with Crippen molar-refractivity contribution in [2.24, 2.45) is 7.05 Å². The molecule has 1 atom stereocenters. The first kappa shape index (κ1) is 26.9. The van der Waals surface area contributed by atoms with Gasteiger partial charge in [0.15, 0.2) is 11.5 Å². The Hall–Kier alpha value is -4.30. The third kappa shape index (κ3) is 4.25. The molecule has 6 rings (SSSR count). The Morgan fingerprint density at radius 1 is 1.07 bits per heavy atom. The standard InChI is InChI=1S/C26H22F6N8O/c1-24(12-5-7-13(27)8-6-12)16-19(33)36-21(37-20(16)38-23(24)41)18-15-17(11-3-4-11)39-40(2)22(15)35-14(34-18)9-10-25(28,29)26(30,31)32/h5-8,11H,3-4,9-10H2,1-2H3,(H3,33,36,37,38,41). The molecule has 3 N–H and O–H groups in total. The van der Waals surface area contributed by atoms with Crippen molar-refractivity contribution in [3.05, 3.63) is 52.7 Å². The lowest BCUT2D eigenvalue weighted by Crippen LogP contribution is -2.36. The fourth-order valence-corrected chi connectivity index (χ4v) is 5.12. The van der Waals surface area contributed by atoms with Crippen LogP contribution in [0.2, 0.25) is 0 Å². The number of nitrogens with one attached hydrogen (secondary N) is 1. The Morgan fingerprint density at radius 3 is 2.39 bits per heavy atom. The molecule has 0 spiro atoms. The second-order valence-corrected chi connectivity index (χ2v) is 10.4. The molecule has 1 aromatic carbocycles. The SMILES string of the molecule is Cn1nc(C2CC2)c2c(-c3nc(N)c4c(n3)NC(=O)C4(C)c3ccc(F)cc3)nc(CCC(F)(F)C(F)(F)F)nc21. The van der Waals surface area contributed by atoms with Gasteiger partial charge >= 0.3 is 12.1 Å². The third-order valence-corrected chi connectivity index (χ3v) is 7.55. The average molecular weight is 577 g/mol. The van der Waals surface area contributed by atoms with E-state index in [2.05, 4.69) is 30.4 Å². The molecule has 0 radical (unpaired) electrons. The van der Waals surface area contributed by atoms with Gasteiger partial charge in [-0.25, -0.2) is 24.3 Å². The molecule has 2 aliphatic rings.